The quantitative estimate of drug-likeness (QED) is 0.854. The first kappa shape index (κ1) is 13.3. The third kappa shape index (κ3) is 3.43. The maximum atomic E-state index is 11.6. The van der Waals surface area contributed by atoms with Crippen LogP contribution in [0.5, 0.6) is 0 Å². The largest absolute Gasteiger partial charge is 0.367 e. The SMILES string of the molecule is CS(=O)(=O)c1cccnc1NCC1CCCCN1. The molecule has 2 rings (SSSR count). The zero-order valence-electron chi connectivity index (χ0n) is 10.5. The second kappa shape index (κ2) is 5.67. The summed E-state index contributed by atoms with van der Waals surface area (Å²) in [5, 5.41) is 6.54. The van der Waals surface area contributed by atoms with Gasteiger partial charge < -0.3 is 10.6 Å². The van der Waals surface area contributed by atoms with Crippen LogP contribution in [0.1, 0.15) is 19.3 Å². The van der Waals surface area contributed by atoms with Crippen LogP contribution in [0, 0.1) is 0 Å². The Morgan fingerprint density at radius 2 is 2.33 bits per heavy atom. The van der Waals surface area contributed by atoms with Crippen LogP contribution < -0.4 is 10.6 Å². The lowest BCUT2D eigenvalue weighted by molar-refractivity contribution is 0.414. The van der Waals surface area contributed by atoms with E-state index in [1.54, 1.807) is 18.3 Å². The predicted octanol–water partition coefficient (Wildman–Crippen LogP) is 1.04. The molecule has 0 radical (unpaired) electrons. The van der Waals surface area contributed by atoms with Gasteiger partial charge in [-0.25, -0.2) is 13.4 Å². The number of hydrogen-bond donors (Lipinski definition) is 2. The molecular weight excluding hydrogens is 250 g/mol. The average molecular weight is 269 g/mol. The van der Waals surface area contributed by atoms with E-state index in [1.807, 2.05) is 0 Å². The van der Waals surface area contributed by atoms with Crippen LogP contribution in [0.15, 0.2) is 23.2 Å². The van der Waals surface area contributed by atoms with Gasteiger partial charge in [-0.15, -0.1) is 0 Å². The molecular formula is C12H19N3O2S. The van der Waals surface area contributed by atoms with Gasteiger partial charge in [0, 0.05) is 25.0 Å². The molecule has 1 aromatic heterocycles. The number of rotatable bonds is 4. The highest BCUT2D eigenvalue weighted by Gasteiger charge is 2.16. The van der Waals surface area contributed by atoms with E-state index >= 15 is 0 Å². The highest BCUT2D eigenvalue weighted by Crippen LogP contribution is 2.18. The standard InChI is InChI=1S/C12H19N3O2S/c1-18(16,17)11-6-4-8-14-12(11)15-9-10-5-2-3-7-13-10/h4,6,8,10,13H,2-3,5,7,9H2,1H3,(H,14,15). The summed E-state index contributed by atoms with van der Waals surface area (Å²) >= 11 is 0. The van der Waals surface area contributed by atoms with Crippen molar-refractivity contribution in [2.24, 2.45) is 0 Å². The minimum atomic E-state index is -3.23. The fourth-order valence-corrected chi connectivity index (χ4v) is 2.94. The summed E-state index contributed by atoms with van der Waals surface area (Å²) in [6.07, 6.45) is 6.36. The van der Waals surface area contributed by atoms with Gasteiger partial charge in [-0.3, -0.25) is 0 Å². The lowest BCUT2D eigenvalue weighted by Crippen LogP contribution is -2.39. The first-order valence-electron chi connectivity index (χ1n) is 6.20. The first-order valence-corrected chi connectivity index (χ1v) is 8.09. The number of aromatic nitrogens is 1. The molecule has 0 aliphatic carbocycles. The van der Waals surface area contributed by atoms with Crippen molar-refractivity contribution >= 4 is 15.7 Å². The molecule has 1 unspecified atom stereocenters. The smallest absolute Gasteiger partial charge is 0.179 e. The van der Waals surface area contributed by atoms with Gasteiger partial charge in [-0.1, -0.05) is 6.42 Å². The van der Waals surface area contributed by atoms with Gasteiger partial charge in [-0.05, 0) is 31.5 Å². The van der Waals surface area contributed by atoms with Crippen molar-refractivity contribution in [3.05, 3.63) is 18.3 Å². The molecule has 1 aliphatic rings. The summed E-state index contributed by atoms with van der Waals surface area (Å²) in [6, 6.07) is 3.62. The van der Waals surface area contributed by atoms with Crippen molar-refractivity contribution in [1.82, 2.24) is 10.3 Å². The molecule has 5 nitrogen and oxygen atoms in total. The van der Waals surface area contributed by atoms with E-state index in [0.717, 1.165) is 13.0 Å². The van der Waals surface area contributed by atoms with E-state index in [9.17, 15) is 8.42 Å². The van der Waals surface area contributed by atoms with E-state index in [0.29, 0.717) is 18.4 Å². The molecule has 1 aromatic rings. The zero-order valence-corrected chi connectivity index (χ0v) is 11.3. The molecule has 1 atom stereocenters. The van der Waals surface area contributed by atoms with Gasteiger partial charge in [0.2, 0.25) is 0 Å². The lowest BCUT2D eigenvalue weighted by Gasteiger charge is -2.24. The lowest BCUT2D eigenvalue weighted by atomic mass is 10.1. The van der Waals surface area contributed by atoms with Gasteiger partial charge in [0.05, 0.1) is 0 Å². The second-order valence-electron chi connectivity index (χ2n) is 4.65. The van der Waals surface area contributed by atoms with E-state index in [2.05, 4.69) is 15.6 Å². The number of hydrogen-bond acceptors (Lipinski definition) is 5. The van der Waals surface area contributed by atoms with Crippen molar-refractivity contribution in [3.8, 4) is 0 Å². The molecule has 0 bridgehead atoms. The van der Waals surface area contributed by atoms with Crippen molar-refractivity contribution in [2.75, 3.05) is 24.7 Å². The average Bonchev–Trinajstić information content (AvgIpc) is 2.37. The molecule has 1 aliphatic heterocycles. The maximum Gasteiger partial charge on any atom is 0.179 e. The molecule has 100 valence electrons. The molecule has 1 fully saturated rings. The molecule has 18 heavy (non-hydrogen) atoms. The van der Waals surface area contributed by atoms with E-state index < -0.39 is 9.84 Å². The van der Waals surface area contributed by atoms with Gasteiger partial charge in [0.15, 0.2) is 9.84 Å². The fourth-order valence-electron chi connectivity index (χ4n) is 2.14. The number of nitrogens with zero attached hydrogens (tertiary/aromatic N) is 1. The number of piperidine rings is 1. The second-order valence-corrected chi connectivity index (χ2v) is 6.63. The number of pyridine rings is 1. The van der Waals surface area contributed by atoms with Crippen LogP contribution in [-0.2, 0) is 9.84 Å². The van der Waals surface area contributed by atoms with Gasteiger partial charge in [0.1, 0.15) is 10.7 Å². The van der Waals surface area contributed by atoms with Crippen LogP contribution >= 0.6 is 0 Å². The normalized spacial score (nSPS) is 20.6. The Labute approximate surface area is 108 Å². The topological polar surface area (TPSA) is 71.1 Å². The third-order valence-electron chi connectivity index (χ3n) is 3.10. The zero-order chi connectivity index (χ0) is 13.0. The summed E-state index contributed by atoms with van der Waals surface area (Å²) < 4.78 is 23.2. The molecule has 2 heterocycles. The molecule has 1 saturated heterocycles. The fraction of sp³-hybridized carbons (Fsp3) is 0.583. The van der Waals surface area contributed by atoms with Gasteiger partial charge in [-0.2, -0.15) is 0 Å². The van der Waals surface area contributed by atoms with Crippen molar-refractivity contribution < 1.29 is 8.42 Å². The highest BCUT2D eigenvalue weighted by molar-refractivity contribution is 7.90. The minimum Gasteiger partial charge on any atom is -0.367 e. The van der Waals surface area contributed by atoms with Crippen molar-refractivity contribution in [3.63, 3.8) is 0 Å². The van der Waals surface area contributed by atoms with Crippen LogP contribution in [-0.4, -0.2) is 38.8 Å². The number of anilines is 1. The number of nitrogens with one attached hydrogen (secondary N) is 2. The summed E-state index contributed by atoms with van der Waals surface area (Å²) in [5.41, 5.74) is 0. The predicted molar refractivity (Wildman–Crippen MR) is 71.5 cm³/mol. The molecule has 2 N–H and O–H groups in total. The first-order chi connectivity index (χ1) is 8.57. The Balaban J connectivity index is 2.05. The molecule has 0 saturated carbocycles. The third-order valence-corrected chi connectivity index (χ3v) is 4.23. The van der Waals surface area contributed by atoms with Crippen LogP contribution in [0.4, 0.5) is 5.82 Å². The Hall–Kier alpha value is -1.14. The molecule has 0 aromatic carbocycles. The molecule has 0 amide bonds. The van der Waals surface area contributed by atoms with E-state index in [1.165, 1.54) is 19.1 Å². The summed E-state index contributed by atoms with van der Waals surface area (Å²) in [5.74, 6) is 0.451. The van der Waals surface area contributed by atoms with Crippen molar-refractivity contribution in [2.45, 2.75) is 30.2 Å². The number of sulfone groups is 1. The van der Waals surface area contributed by atoms with Gasteiger partial charge in [0.25, 0.3) is 0 Å². The monoisotopic (exact) mass is 269 g/mol. The van der Waals surface area contributed by atoms with Crippen LogP contribution in [0.3, 0.4) is 0 Å². The Bertz CT molecular complexity index is 496. The maximum absolute atomic E-state index is 11.6. The molecule has 6 heteroatoms. The molecule has 0 spiro atoms. The van der Waals surface area contributed by atoms with E-state index in [4.69, 9.17) is 0 Å². The summed E-state index contributed by atoms with van der Waals surface area (Å²) in [6.45, 7) is 1.74. The van der Waals surface area contributed by atoms with Crippen LogP contribution in [0.2, 0.25) is 0 Å². The minimum absolute atomic E-state index is 0.265. The van der Waals surface area contributed by atoms with E-state index in [-0.39, 0.29) is 4.90 Å². The highest BCUT2D eigenvalue weighted by atomic mass is 32.2. The van der Waals surface area contributed by atoms with Gasteiger partial charge >= 0.3 is 0 Å². The Kier molecular flexibility index (Phi) is 4.19. The Morgan fingerprint density at radius 1 is 1.50 bits per heavy atom. The summed E-state index contributed by atoms with van der Waals surface area (Å²) in [4.78, 5) is 4.38. The Morgan fingerprint density at radius 3 is 3.00 bits per heavy atom. The summed E-state index contributed by atoms with van der Waals surface area (Å²) in [7, 11) is -3.23. The van der Waals surface area contributed by atoms with Crippen molar-refractivity contribution in [1.29, 1.82) is 0 Å². The van der Waals surface area contributed by atoms with Crippen LogP contribution in [0.25, 0.3) is 0 Å².